The number of methoxy groups -OCH3 is 1. The van der Waals surface area contributed by atoms with Crippen LogP contribution < -0.4 is 10.1 Å². The fourth-order valence-electron chi connectivity index (χ4n) is 2.02. The lowest BCUT2D eigenvalue weighted by Gasteiger charge is -2.09. The van der Waals surface area contributed by atoms with E-state index in [9.17, 15) is 0 Å². The molecule has 1 aromatic carbocycles. The molecule has 0 radical (unpaired) electrons. The molecule has 5 heteroatoms. The van der Waals surface area contributed by atoms with Crippen molar-refractivity contribution in [3.8, 4) is 5.75 Å². The zero-order valence-corrected chi connectivity index (χ0v) is 12.7. The molecule has 0 fully saturated rings. The molecule has 1 heterocycles. The van der Waals surface area contributed by atoms with Crippen molar-refractivity contribution in [1.29, 1.82) is 0 Å². The highest BCUT2D eigenvalue weighted by Crippen LogP contribution is 2.23. The van der Waals surface area contributed by atoms with Gasteiger partial charge in [-0.25, -0.2) is 0 Å². The second-order valence-electron chi connectivity index (χ2n) is 4.64. The van der Waals surface area contributed by atoms with E-state index in [0.29, 0.717) is 11.6 Å². The van der Waals surface area contributed by atoms with E-state index in [4.69, 9.17) is 16.3 Å². The summed E-state index contributed by atoms with van der Waals surface area (Å²) in [6.45, 7) is 4.61. The molecule has 4 nitrogen and oxygen atoms in total. The van der Waals surface area contributed by atoms with Crippen LogP contribution in [0.2, 0.25) is 5.02 Å². The number of nitrogens with zero attached hydrogens (tertiary/aromatic N) is 2. The first-order valence-corrected chi connectivity index (χ1v) is 7.16. The van der Waals surface area contributed by atoms with Crippen LogP contribution in [0.3, 0.4) is 0 Å². The van der Waals surface area contributed by atoms with Crippen molar-refractivity contribution >= 4 is 11.6 Å². The largest absolute Gasteiger partial charge is 0.496 e. The van der Waals surface area contributed by atoms with Crippen molar-refractivity contribution < 1.29 is 4.74 Å². The number of benzene rings is 1. The summed E-state index contributed by atoms with van der Waals surface area (Å²) in [4.78, 5) is 0. The highest BCUT2D eigenvalue weighted by Gasteiger charge is 2.06. The van der Waals surface area contributed by atoms with Gasteiger partial charge in [0, 0.05) is 23.3 Å². The number of nitrogens with one attached hydrogen (secondary N) is 1. The molecule has 0 aliphatic carbocycles. The molecule has 0 spiro atoms. The lowest BCUT2D eigenvalue weighted by Crippen LogP contribution is -2.14. The number of ether oxygens (including phenoxy) is 1. The second-order valence-corrected chi connectivity index (χ2v) is 5.07. The summed E-state index contributed by atoms with van der Waals surface area (Å²) in [7, 11) is 1.66. The van der Waals surface area contributed by atoms with Gasteiger partial charge in [0.2, 0.25) is 0 Å². The maximum absolute atomic E-state index is 6.03. The Morgan fingerprint density at radius 3 is 2.95 bits per heavy atom. The van der Waals surface area contributed by atoms with Gasteiger partial charge in [-0.3, -0.25) is 4.68 Å². The van der Waals surface area contributed by atoms with Crippen LogP contribution in [0.5, 0.6) is 5.75 Å². The molecule has 108 valence electrons. The smallest absolute Gasteiger partial charge is 0.124 e. The van der Waals surface area contributed by atoms with E-state index in [2.05, 4.69) is 17.3 Å². The zero-order valence-electron chi connectivity index (χ0n) is 11.9. The molecule has 0 saturated heterocycles. The van der Waals surface area contributed by atoms with Crippen LogP contribution in [0, 0.1) is 0 Å². The molecule has 1 aromatic heterocycles. The van der Waals surface area contributed by atoms with Crippen LogP contribution in [0.15, 0.2) is 30.5 Å². The topological polar surface area (TPSA) is 39.1 Å². The van der Waals surface area contributed by atoms with Crippen LogP contribution in [-0.2, 0) is 13.1 Å². The minimum Gasteiger partial charge on any atom is -0.496 e. The molecule has 0 unspecified atom stereocenters. The Balaban J connectivity index is 2.04. The number of aromatic nitrogens is 2. The summed E-state index contributed by atoms with van der Waals surface area (Å²) in [5.41, 5.74) is 2.07. The fourth-order valence-corrected chi connectivity index (χ4v) is 2.22. The van der Waals surface area contributed by atoms with Crippen molar-refractivity contribution in [3.05, 3.63) is 46.7 Å². The van der Waals surface area contributed by atoms with Crippen LogP contribution in [0.25, 0.3) is 0 Å². The lowest BCUT2D eigenvalue weighted by atomic mass is 10.2. The minimum atomic E-state index is 0.650. The third-order valence-corrected chi connectivity index (χ3v) is 3.24. The van der Waals surface area contributed by atoms with Crippen LogP contribution >= 0.6 is 11.6 Å². The van der Waals surface area contributed by atoms with Gasteiger partial charge in [-0.2, -0.15) is 5.10 Å². The summed E-state index contributed by atoms with van der Waals surface area (Å²) < 4.78 is 7.25. The maximum Gasteiger partial charge on any atom is 0.124 e. The van der Waals surface area contributed by atoms with E-state index in [1.165, 1.54) is 0 Å². The third kappa shape index (κ3) is 3.99. The highest BCUT2D eigenvalue weighted by molar-refractivity contribution is 6.30. The Morgan fingerprint density at radius 1 is 1.35 bits per heavy atom. The van der Waals surface area contributed by atoms with E-state index < -0.39 is 0 Å². The maximum atomic E-state index is 6.03. The van der Waals surface area contributed by atoms with Gasteiger partial charge in [0.15, 0.2) is 0 Å². The van der Waals surface area contributed by atoms with Crippen molar-refractivity contribution in [2.45, 2.75) is 26.4 Å². The van der Waals surface area contributed by atoms with Crippen molar-refractivity contribution in [3.63, 3.8) is 0 Å². The monoisotopic (exact) mass is 293 g/mol. The van der Waals surface area contributed by atoms with E-state index >= 15 is 0 Å². The molecule has 2 aromatic rings. The second kappa shape index (κ2) is 7.31. The van der Waals surface area contributed by atoms with E-state index in [0.717, 1.165) is 36.5 Å². The van der Waals surface area contributed by atoms with Crippen LogP contribution in [-0.4, -0.2) is 23.4 Å². The Morgan fingerprint density at radius 2 is 2.20 bits per heavy atom. The van der Waals surface area contributed by atoms with Crippen molar-refractivity contribution in [1.82, 2.24) is 15.1 Å². The first kappa shape index (κ1) is 14.9. The first-order valence-electron chi connectivity index (χ1n) is 6.78. The molecular weight excluding hydrogens is 274 g/mol. The Hall–Kier alpha value is -1.52. The van der Waals surface area contributed by atoms with Crippen LogP contribution in [0.4, 0.5) is 0 Å². The van der Waals surface area contributed by atoms with Gasteiger partial charge in [0.25, 0.3) is 0 Å². The number of hydrogen-bond donors (Lipinski definition) is 1. The highest BCUT2D eigenvalue weighted by atomic mass is 35.5. The molecule has 0 aliphatic heterocycles. The summed E-state index contributed by atoms with van der Waals surface area (Å²) in [5, 5.41) is 8.58. The SMILES string of the molecule is CCCNCc1ccn(Cc2cc(Cl)ccc2OC)n1. The molecule has 0 atom stereocenters. The van der Waals surface area contributed by atoms with Gasteiger partial charge in [-0.15, -0.1) is 0 Å². The first-order chi connectivity index (χ1) is 9.72. The minimum absolute atomic E-state index is 0.650. The molecule has 0 saturated carbocycles. The Bertz CT molecular complexity index is 554. The average molecular weight is 294 g/mol. The molecule has 1 N–H and O–H groups in total. The van der Waals surface area contributed by atoms with E-state index in [1.54, 1.807) is 7.11 Å². The summed E-state index contributed by atoms with van der Waals surface area (Å²) in [6.07, 6.45) is 3.10. The molecular formula is C15H20ClN3O. The quantitative estimate of drug-likeness (QED) is 0.797. The fraction of sp³-hybridized carbons (Fsp3) is 0.400. The van der Waals surface area contributed by atoms with Crippen molar-refractivity contribution in [2.75, 3.05) is 13.7 Å². The average Bonchev–Trinajstić information content (AvgIpc) is 2.87. The summed E-state index contributed by atoms with van der Waals surface area (Å²) in [5.74, 6) is 0.829. The normalized spacial score (nSPS) is 10.8. The van der Waals surface area contributed by atoms with E-state index in [1.807, 2.05) is 35.1 Å². The number of rotatable bonds is 7. The van der Waals surface area contributed by atoms with Gasteiger partial charge in [0.1, 0.15) is 5.75 Å². The third-order valence-electron chi connectivity index (χ3n) is 3.00. The summed E-state index contributed by atoms with van der Waals surface area (Å²) in [6, 6.07) is 7.65. The molecule has 0 aliphatic rings. The van der Waals surface area contributed by atoms with Gasteiger partial charge in [-0.1, -0.05) is 18.5 Å². The van der Waals surface area contributed by atoms with Gasteiger partial charge < -0.3 is 10.1 Å². The van der Waals surface area contributed by atoms with Crippen LogP contribution in [0.1, 0.15) is 24.6 Å². The van der Waals surface area contributed by atoms with Gasteiger partial charge in [-0.05, 0) is 37.2 Å². The van der Waals surface area contributed by atoms with Crippen molar-refractivity contribution in [2.24, 2.45) is 0 Å². The predicted molar refractivity (Wildman–Crippen MR) is 81.3 cm³/mol. The predicted octanol–water partition coefficient (Wildman–Crippen LogP) is 3.09. The standard InChI is InChI=1S/C15H20ClN3O/c1-3-7-17-10-14-6-8-19(18-14)11-12-9-13(16)4-5-15(12)20-2/h4-6,8-9,17H,3,7,10-11H2,1-2H3. The molecule has 20 heavy (non-hydrogen) atoms. The van der Waals surface area contributed by atoms with Gasteiger partial charge >= 0.3 is 0 Å². The molecule has 0 bridgehead atoms. The molecule has 2 rings (SSSR count). The van der Waals surface area contributed by atoms with Gasteiger partial charge in [0.05, 0.1) is 19.3 Å². The molecule has 0 amide bonds. The zero-order chi connectivity index (χ0) is 14.4. The van der Waals surface area contributed by atoms with E-state index in [-0.39, 0.29) is 0 Å². The number of hydrogen-bond acceptors (Lipinski definition) is 3. The summed E-state index contributed by atoms with van der Waals surface area (Å²) >= 11 is 6.03. The Kier molecular flexibility index (Phi) is 5.44. The number of halogens is 1. The lowest BCUT2D eigenvalue weighted by molar-refractivity contribution is 0.407. The Labute approximate surface area is 124 Å².